The average Bonchev–Trinajstić information content (AvgIpc) is 2.63. The van der Waals surface area contributed by atoms with Gasteiger partial charge in [-0.25, -0.2) is 4.79 Å². The lowest BCUT2D eigenvalue weighted by Crippen LogP contribution is -2.34. The SMILES string of the molecule is CCC(C)Oc1cccc(C(=O)NC(=S)Nc2c(Cl)cc(Cl)cc2C(=O)O)c1. The van der Waals surface area contributed by atoms with Gasteiger partial charge in [0.25, 0.3) is 5.91 Å². The highest BCUT2D eigenvalue weighted by Gasteiger charge is 2.17. The second-order valence-corrected chi connectivity index (χ2v) is 7.14. The summed E-state index contributed by atoms with van der Waals surface area (Å²) in [5, 5.41) is 14.6. The lowest BCUT2D eigenvalue weighted by molar-refractivity contribution is 0.0697. The quantitative estimate of drug-likeness (QED) is 0.548. The molecule has 6 nitrogen and oxygen atoms in total. The van der Waals surface area contributed by atoms with E-state index in [1.807, 2.05) is 13.8 Å². The number of nitrogens with one attached hydrogen (secondary N) is 2. The highest BCUT2D eigenvalue weighted by atomic mass is 35.5. The Hall–Kier alpha value is -2.35. The topological polar surface area (TPSA) is 87.7 Å². The number of anilines is 1. The third-order valence-electron chi connectivity index (χ3n) is 3.76. The van der Waals surface area contributed by atoms with E-state index < -0.39 is 11.9 Å². The summed E-state index contributed by atoms with van der Waals surface area (Å²) in [4.78, 5) is 23.8. The first kappa shape index (κ1) is 21.9. The molecule has 0 spiro atoms. The van der Waals surface area contributed by atoms with Crippen LogP contribution in [0.1, 0.15) is 41.0 Å². The minimum Gasteiger partial charge on any atom is -0.491 e. The predicted octanol–water partition coefficient (Wildman–Crippen LogP) is 5.00. The summed E-state index contributed by atoms with van der Waals surface area (Å²) in [7, 11) is 0. The number of carboxylic acid groups (broad SMARTS) is 1. The van der Waals surface area contributed by atoms with E-state index in [1.54, 1.807) is 24.3 Å². The molecule has 3 N–H and O–H groups in total. The van der Waals surface area contributed by atoms with Crippen LogP contribution < -0.4 is 15.4 Å². The molecule has 0 fully saturated rings. The summed E-state index contributed by atoms with van der Waals surface area (Å²) >= 11 is 17.0. The number of hydrogen-bond acceptors (Lipinski definition) is 4. The molecule has 148 valence electrons. The Kier molecular flexibility index (Phi) is 7.62. The van der Waals surface area contributed by atoms with Crippen molar-refractivity contribution in [2.75, 3.05) is 5.32 Å². The number of thiocarbonyl (C=S) groups is 1. The predicted molar refractivity (Wildman–Crippen MR) is 114 cm³/mol. The zero-order chi connectivity index (χ0) is 20.8. The van der Waals surface area contributed by atoms with Crippen molar-refractivity contribution in [3.05, 3.63) is 57.6 Å². The second-order valence-electron chi connectivity index (χ2n) is 5.89. The van der Waals surface area contributed by atoms with Crippen molar-refractivity contribution in [2.24, 2.45) is 0 Å². The summed E-state index contributed by atoms with van der Waals surface area (Å²) in [6.07, 6.45) is 0.848. The van der Waals surface area contributed by atoms with Gasteiger partial charge in [0.15, 0.2) is 5.11 Å². The molecule has 2 rings (SSSR count). The molecule has 2 aromatic carbocycles. The zero-order valence-corrected chi connectivity index (χ0v) is 17.4. The van der Waals surface area contributed by atoms with Gasteiger partial charge in [-0.3, -0.25) is 10.1 Å². The largest absolute Gasteiger partial charge is 0.491 e. The molecule has 0 saturated carbocycles. The monoisotopic (exact) mass is 440 g/mol. The summed E-state index contributed by atoms with van der Waals surface area (Å²) in [5.74, 6) is -1.15. The number of ether oxygens (including phenoxy) is 1. The van der Waals surface area contributed by atoms with E-state index in [4.69, 9.17) is 40.2 Å². The Bertz CT molecular complexity index is 921. The maximum absolute atomic E-state index is 12.4. The highest BCUT2D eigenvalue weighted by Crippen LogP contribution is 2.30. The molecule has 0 aliphatic carbocycles. The van der Waals surface area contributed by atoms with E-state index in [1.165, 1.54) is 12.1 Å². The van der Waals surface area contributed by atoms with Gasteiger partial charge in [-0.15, -0.1) is 0 Å². The minimum atomic E-state index is -1.24. The van der Waals surface area contributed by atoms with Crippen molar-refractivity contribution in [3.8, 4) is 5.75 Å². The first-order valence-corrected chi connectivity index (χ1v) is 9.49. The van der Waals surface area contributed by atoms with E-state index >= 15 is 0 Å². The maximum Gasteiger partial charge on any atom is 0.337 e. The maximum atomic E-state index is 12.4. The van der Waals surface area contributed by atoms with Crippen LogP contribution in [0.25, 0.3) is 0 Å². The van der Waals surface area contributed by atoms with Crippen LogP contribution in [0.5, 0.6) is 5.75 Å². The Morgan fingerprint density at radius 2 is 1.96 bits per heavy atom. The van der Waals surface area contributed by atoms with Gasteiger partial charge >= 0.3 is 5.97 Å². The van der Waals surface area contributed by atoms with Gasteiger partial charge in [0.05, 0.1) is 22.4 Å². The Balaban J connectivity index is 2.13. The first-order chi connectivity index (χ1) is 13.2. The molecule has 28 heavy (non-hydrogen) atoms. The summed E-state index contributed by atoms with van der Waals surface area (Å²) in [5.41, 5.74) is 0.210. The molecule has 2 aromatic rings. The van der Waals surface area contributed by atoms with Crippen LogP contribution in [0.4, 0.5) is 5.69 Å². The first-order valence-electron chi connectivity index (χ1n) is 8.32. The van der Waals surface area contributed by atoms with Gasteiger partial charge in [-0.05, 0) is 55.9 Å². The third kappa shape index (κ3) is 5.82. The zero-order valence-electron chi connectivity index (χ0n) is 15.1. The fourth-order valence-electron chi connectivity index (χ4n) is 2.22. The number of carbonyl (C=O) groups is 2. The van der Waals surface area contributed by atoms with E-state index in [9.17, 15) is 14.7 Å². The summed E-state index contributed by atoms with van der Waals surface area (Å²) in [6.45, 7) is 3.93. The molecule has 9 heteroatoms. The number of rotatable bonds is 6. The lowest BCUT2D eigenvalue weighted by Gasteiger charge is -2.15. The molecule has 0 bridgehead atoms. The van der Waals surface area contributed by atoms with Crippen molar-refractivity contribution >= 4 is 58.1 Å². The molecule has 0 saturated heterocycles. The molecular formula is C19H18Cl2N2O4S. The molecule has 1 amide bonds. The van der Waals surface area contributed by atoms with Crippen molar-refractivity contribution < 1.29 is 19.4 Å². The third-order valence-corrected chi connectivity index (χ3v) is 4.48. The second kappa shape index (κ2) is 9.73. The fourth-order valence-corrected chi connectivity index (χ4v) is 2.95. The van der Waals surface area contributed by atoms with Gasteiger partial charge in [-0.1, -0.05) is 36.2 Å². The normalized spacial score (nSPS) is 11.4. The molecule has 1 unspecified atom stereocenters. The van der Waals surface area contributed by atoms with E-state index in [0.29, 0.717) is 11.3 Å². The van der Waals surface area contributed by atoms with Crippen LogP contribution in [0.2, 0.25) is 10.0 Å². The number of halogens is 2. The van der Waals surface area contributed by atoms with Gasteiger partial charge < -0.3 is 15.2 Å². The minimum absolute atomic E-state index is 0.0162. The van der Waals surface area contributed by atoms with E-state index in [-0.39, 0.29) is 32.5 Å². The smallest absolute Gasteiger partial charge is 0.337 e. The average molecular weight is 441 g/mol. The van der Waals surface area contributed by atoms with Gasteiger partial charge in [0.2, 0.25) is 0 Å². The van der Waals surface area contributed by atoms with Crippen LogP contribution in [0, 0.1) is 0 Å². The van der Waals surface area contributed by atoms with Crippen LogP contribution in [-0.2, 0) is 0 Å². The molecule has 0 radical (unpaired) electrons. The van der Waals surface area contributed by atoms with Crippen LogP contribution >= 0.6 is 35.4 Å². The van der Waals surface area contributed by atoms with Crippen LogP contribution in [0.3, 0.4) is 0 Å². The highest BCUT2D eigenvalue weighted by molar-refractivity contribution is 7.80. The van der Waals surface area contributed by atoms with Crippen LogP contribution in [-0.4, -0.2) is 28.2 Å². The van der Waals surface area contributed by atoms with Gasteiger partial charge in [0, 0.05) is 10.6 Å². The number of amides is 1. The van der Waals surface area contributed by atoms with Crippen molar-refractivity contribution in [1.82, 2.24) is 5.32 Å². The number of carboxylic acids is 1. The van der Waals surface area contributed by atoms with Gasteiger partial charge in [0.1, 0.15) is 5.75 Å². The Labute approximate surface area is 177 Å². The lowest BCUT2D eigenvalue weighted by atomic mass is 10.2. The fraction of sp³-hybridized carbons (Fsp3) is 0.211. The molecule has 0 heterocycles. The molecule has 0 aromatic heterocycles. The van der Waals surface area contributed by atoms with Crippen molar-refractivity contribution in [3.63, 3.8) is 0 Å². The Morgan fingerprint density at radius 1 is 1.25 bits per heavy atom. The van der Waals surface area contributed by atoms with Crippen LogP contribution in [0.15, 0.2) is 36.4 Å². The molecule has 1 atom stereocenters. The molecular weight excluding hydrogens is 423 g/mol. The summed E-state index contributed by atoms with van der Waals surface area (Å²) in [6, 6.07) is 9.27. The van der Waals surface area contributed by atoms with E-state index in [0.717, 1.165) is 6.42 Å². The Morgan fingerprint density at radius 3 is 2.61 bits per heavy atom. The summed E-state index contributed by atoms with van der Waals surface area (Å²) < 4.78 is 5.70. The van der Waals surface area contributed by atoms with Gasteiger partial charge in [-0.2, -0.15) is 0 Å². The molecule has 0 aliphatic rings. The van der Waals surface area contributed by atoms with E-state index in [2.05, 4.69) is 10.6 Å². The number of carbonyl (C=O) groups excluding carboxylic acids is 1. The standard InChI is InChI=1S/C19H18Cl2N2O4S/c1-3-10(2)27-13-6-4-5-11(7-13)17(24)23-19(28)22-16-14(18(25)26)8-12(20)9-15(16)21/h4-10H,3H2,1-2H3,(H,25,26)(H2,22,23,24,28). The van der Waals surface area contributed by atoms with Crippen molar-refractivity contribution in [2.45, 2.75) is 26.4 Å². The number of hydrogen-bond donors (Lipinski definition) is 3. The number of aromatic carboxylic acids is 1. The van der Waals surface area contributed by atoms with Crippen molar-refractivity contribution in [1.29, 1.82) is 0 Å². The number of benzene rings is 2. The molecule has 0 aliphatic heterocycles.